The third kappa shape index (κ3) is 3.77. The second kappa shape index (κ2) is 6.89. The summed E-state index contributed by atoms with van der Waals surface area (Å²) in [6, 6.07) is 8.07. The van der Waals surface area contributed by atoms with Crippen LogP contribution in [0.1, 0.15) is 44.2 Å². The molecule has 0 amide bonds. The summed E-state index contributed by atoms with van der Waals surface area (Å²) in [5, 5.41) is 0. The van der Waals surface area contributed by atoms with Gasteiger partial charge in [-0.3, -0.25) is 9.35 Å². The van der Waals surface area contributed by atoms with Gasteiger partial charge in [0.15, 0.2) is 0 Å². The third-order valence-electron chi connectivity index (χ3n) is 5.98. The molecule has 25 heavy (non-hydrogen) atoms. The van der Waals surface area contributed by atoms with E-state index in [4.69, 9.17) is 4.55 Å². The average Bonchev–Trinajstić information content (AvgIpc) is 2.88. The minimum atomic E-state index is -4.08. The topological polar surface area (TPSA) is 71.4 Å². The van der Waals surface area contributed by atoms with Crippen LogP contribution in [0.4, 0.5) is 0 Å². The Balaban J connectivity index is 0.000000196. The van der Waals surface area contributed by atoms with Crippen molar-refractivity contribution in [3.63, 3.8) is 0 Å². The normalized spacial score (nSPS) is 26.7. The van der Waals surface area contributed by atoms with Gasteiger partial charge in [-0.05, 0) is 35.3 Å². The van der Waals surface area contributed by atoms with Crippen molar-refractivity contribution in [2.45, 2.75) is 33.1 Å². The maximum absolute atomic E-state index is 11.9. The number of benzene rings is 1. The van der Waals surface area contributed by atoms with Crippen LogP contribution >= 0.6 is 0 Å². The van der Waals surface area contributed by atoms with Crippen LogP contribution in [0.15, 0.2) is 37.4 Å². The highest BCUT2D eigenvalue weighted by molar-refractivity contribution is 7.85. The van der Waals surface area contributed by atoms with E-state index in [1.807, 2.05) is 50.3 Å². The molecule has 0 spiro atoms. The Kier molecular flexibility index (Phi) is 5.40. The molecule has 1 aromatic carbocycles. The van der Waals surface area contributed by atoms with E-state index in [9.17, 15) is 13.2 Å². The summed E-state index contributed by atoms with van der Waals surface area (Å²) >= 11 is 0. The first kappa shape index (κ1) is 19.6. The number of Topliss-reactive ketones (excluding diaryl/α,β-unsaturated/α-hetero) is 1. The zero-order valence-electron chi connectivity index (χ0n) is 14.9. The molecule has 0 heterocycles. The molecule has 2 atom stereocenters. The number of ketones is 1. The van der Waals surface area contributed by atoms with Gasteiger partial charge in [0.05, 0.1) is 11.2 Å². The van der Waals surface area contributed by atoms with Gasteiger partial charge in [-0.2, -0.15) is 8.42 Å². The van der Waals surface area contributed by atoms with Crippen LogP contribution in [0.2, 0.25) is 0 Å². The Bertz CT molecular complexity index is 747. The van der Waals surface area contributed by atoms with Gasteiger partial charge in [-0.1, -0.05) is 63.4 Å². The molecule has 3 rings (SSSR count). The molecular weight excluding hydrogens is 336 g/mol. The molecule has 0 saturated heterocycles. The van der Waals surface area contributed by atoms with Crippen molar-refractivity contribution in [3.8, 4) is 0 Å². The number of fused-ring (bicyclic) bond motifs is 2. The molecule has 0 aromatic heterocycles. The van der Waals surface area contributed by atoms with Gasteiger partial charge in [0.1, 0.15) is 5.78 Å². The molecule has 1 N–H and O–H groups in total. The first-order valence-electron chi connectivity index (χ1n) is 8.39. The maximum Gasteiger partial charge on any atom is 0.265 e. The van der Waals surface area contributed by atoms with E-state index in [-0.39, 0.29) is 17.1 Å². The minimum Gasteiger partial charge on any atom is -0.299 e. The van der Waals surface area contributed by atoms with Gasteiger partial charge < -0.3 is 0 Å². The Morgan fingerprint density at radius 3 is 1.92 bits per heavy atom. The van der Waals surface area contributed by atoms with Crippen LogP contribution in [-0.2, 0) is 14.9 Å². The van der Waals surface area contributed by atoms with Crippen LogP contribution in [0.3, 0.4) is 0 Å². The minimum absolute atomic E-state index is 0.0152. The molecule has 0 radical (unpaired) electrons. The number of hydrogen-bond acceptors (Lipinski definition) is 3. The fourth-order valence-electron chi connectivity index (χ4n) is 4.19. The summed E-state index contributed by atoms with van der Waals surface area (Å²) < 4.78 is 31.0. The Morgan fingerprint density at radius 1 is 1.16 bits per heavy atom. The van der Waals surface area contributed by atoms with Crippen molar-refractivity contribution in [2.75, 3.05) is 5.75 Å². The predicted molar refractivity (Wildman–Crippen MR) is 102 cm³/mol. The lowest BCUT2D eigenvalue weighted by atomic mass is 9.70. The molecule has 1 aromatic rings. The number of carbonyl (C=O) groups excluding carboxylic acids is 1. The van der Waals surface area contributed by atoms with Crippen LogP contribution in [-0.4, -0.2) is 24.5 Å². The lowest BCUT2D eigenvalue weighted by molar-refractivity contribution is -0.128. The van der Waals surface area contributed by atoms with Crippen molar-refractivity contribution in [3.05, 3.63) is 48.6 Å². The van der Waals surface area contributed by atoms with Gasteiger partial charge in [0.2, 0.25) is 0 Å². The van der Waals surface area contributed by atoms with E-state index >= 15 is 0 Å². The van der Waals surface area contributed by atoms with Crippen LogP contribution < -0.4 is 0 Å². The van der Waals surface area contributed by atoms with Crippen molar-refractivity contribution >= 4 is 28.1 Å². The molecule has 0 aliphatic heterocycles. The quantitative estimate of drug-likeness (QED) is 0.813. The average molecular weight is 362 g/mol. The van der Waals surface area contributed by atoms with Crippen LogP contribution in [0.25, 0.3) is 12.2 Å². The number of rotatable bonds is 4. The molecule has 136 valence electrons. The molecule has 2 saturated carbocycles. The van der Waals surface area contributed by atoms with Crippen molar-refractivity contribution in [1.29, 1.82) is 0 Å². The van der Waals surface area contributed by atoms with Crippen molar-refractivity contribution < 1.29 is 17.8 Å². The second-order valence-corrected chi connectivity index (χ2v) is 8.92. The van der Waals surface area contributed by atoms with Gasteiger partial charge in [-0.15, -0.1) is 0 Å². The van der Waals surface area contributed by atoms with E-state index < -0.39 is 21.3 Å². The number of carbonyl (C=O) groups is 1. The molecule has 2 aliphatic carbocycles. The van der Waals surface area contributed by atoms with Gasteiger partial charge in [0.25, 0.3) is 10.1 Å². The highest BCUT2D eigenvalue weighted by atomic mass is 32.2. The van der Waals surface area contributed by atoms with Gasteiger partial charge >= 0.3 is 0 Å². The van der Waals surface area contributed by atoms with E-state index in [1.165, 1.54) is 0 Å². The fourth-order valence-corrected chi connectivity index (χ4v) is 5.49. The zero-order valence-corrected chi connectivity index (χ0v) is 15.7. The largest absolute Gasteiger partial charge is 0.299 e. The molecular formula is C20H26O4S. The third-order valence-corrected chi connectivity index (χ3v) is 6.83. The smallest absolute Gasteiger partial charge is 0.265 e. The lowest BCUT2D eigenvalue weighted by Gasteiger charge is -2.35. The Morgan fingerprint density at radius 2 is 1.64 bits per heavy atom. The predicted octanol–water partition coefficient (Wildman–Crippen LogP) is 4.24. The molecule has 4 nitrogen and oxygen atoms in total. The van der Waals surface area contributed by atoms with Gasteiger partial charge in [-0.25, -0.2) is 0 Å². The number of hydrogen-bond donors (Lipinski definition) is 1. The van der Waals surface area contributed by atoms with E-state index in [0.29, 0.717) is 12.8 Å². The highest BCUT2D eigenvalue weighted by Gasteiger charge is 2.65. The molecule has 5 heteroatoms. The first-order valence-corrected chi connectivity index (χ1v) is 10.00. The van der Waals surface area contributed by atoms with E-state index in [0.717, 1.165) is 17.5 Å². The first-order chi connectivity index (χ1) is 11.6. The summed E-state index contributed by atoms with van der Waals surface area (Å²) in [7, 11) is -4.08. The second-order valence-electron chi connectivity index (χ2n) is 7.47. The molecule has 2 unspecified atom stereocenters. The zero-order chi connectivity index (χ0) is 18.9. The van der Waals surface area contributed by atoms with Crippen molar-refractivity contribution in [1.82, 2.24) is 0 Å². The van der Waals surface area contributed by atoms with Crippen LogP contribution in [0, 0.1) is 16.7 Å². The lowest BCUT2D eigenvalue weighted by Crippen LogP contribution is -2.42. The fraction of sp³-hybridized carbons (Fsp3) is 0.450. The summed E-state index contributed by atoms with van der Waals surface area (Å²) in [5.74, 6) is -0.101. The monoisotopic (exact) mass is 362 g/mol. The summed E-state index contributed by atoms with van der Waals surface area (Å²) in [6.45, 7) is 11.2. The molecule has 2 aliphatic rings. The highest BCUT2D eigenvalue weighted by Crippen LogP contribution is 2.64. The summed E-state index contributed by atoms with van der Waals surface area (Å²) in [5.41, 5.74) is 1.17. The van der Waals surface area contributed by atoms with E-state index in [2.05, 4.69) is 13.2 Å². The molecule has 2 bridgehead atoms. The molecule has 2 fully saturated rings. The Labute approximate surface area is 150 Å². The Hall–Kier alpha value is -1.72. The van der Waals surface area contributed by atoms with Gasteiger partial charge in [0, 0.05) is 6.42 Å². The van der Waals surface area contributed by atoms with E-state index in [1.54, 1.807) is 0 Å². The maximum atomic E-state index is 11.9. The summed E-state index contributed by atoms with van der Waals surface area (Å²) in [6.07, 6.45) is 5.62. The SMILES string of the molecule is C=Cc1ccc(C=C)cc1.CC1(C)C2CCC1(CS(=O)(=O)O)C(=O)C2. The summed E-state index contributed by atoms with van der Waals surface area (Å²) in [4.78, 5) is 11.9. The standard InChI is InChI=1S/C10H16O4S.C10H10/c1-9(2)7-3-4-10(9,8(11)5-7)6-15(12,13)14;1-3-9-5-7-10(4-2)8-6-9/h7H,3-6H2,1-2H3,(H,12,13,14);3-8H,1-2H2. The van der Waals surface area contributed by atoms with Crippen molar-refractivity contribution in [2.24, 2.45) is 16.7 Å². The van der Waals surface area contributed by atoms with Crippen LogP contribution in [0.5, 0.6) is 0 Å².